The van der Waals surface area contributed by atoms with Gasteiger partial charge in [-0.2, -0.15) is 0 Å². The highest BCUT2D eigenvalue weighted by Crippen LogP contribution is 2.39. The van der Waals surface area contributed by atoms with E-state index in [0.29, 0.717) is 22.2 Å². The van der Waals surface area contributed by atoms with Crippen molar-refractivity contribution < 1.29 is 10.2 Å². The van der Waals surface area contributed by atoms with Gasteiger partial charge in [0.1, 0.15) is 11.5 Å². The molecule has 6 nitrogen and oxygen atoms in total. The maximum atomic E-state index is 12.1. The maximum absolute atomic E-state index is 12.1. The lowest BCUT2D eigenvalue weighted by molar-refractivity contribution is 0.486. The molecule has 0 saturated carbocycles. The van der Waals surface area contributed by atoms with Crippen LogP contribution >= 0.6 is 0 Å². The number of hydrogen-bond acceptors (Lipinski definition) is 4. The van der Waals surface area contributed by atoms with Crippen LogP contribution in [0.25, 0.3) is 90.2 Å². The van der Waals surface area contributed by atoms with Crippen LogP contribution in [0.3, 0.4) is 0 Å². The van der Waals surface area contributed by atoms with Crippen LogP contribution in [0.15, 0.2) is 109 Å². The molecule has 2 aliphatic heterocycles. The number of aromatic hydroxyl groups is 2. The van der Waals surface area contributed by atoms with Crippen molar-refractivity contribution in [1.29, 1.82) is 0 Å². The first-order valence-corrected chi connectivity index (χ1v) is 19.7. The normalized spacial score (nSPS) is 12.2. The average Bonchev–Trinajstić information content (AvgIpc) is 4.07. The number of aryl methyl sites for hydroxylation is 2. The average molecular weight is 733 g/mol. The van der Waals surface area contributed by atoms with Gasteiger partial charge < -0.3 is 20.2 Å². The van der Waals surface area contributed by atoms with E-state index in [1.165, 1.54) is 0 Å². The predicted molar refractivity (Wildman–Crippen MR) is 234 cm³/mol. The quantitative estimate of drug-likeness (QED) is 0.125. The lowest BCUT2D eigenvalue weighted by atomic mass is 10.0. The number of aromatic nitrogens is 4. The van der Waals surface area contributed by atoms with E-state index in [-0.39, 0.29) is 11.5 Å². The van der Waals surface area contributed by atoms with Gasteiger partial charge in [-0.3, -0.25) is 0 Å². The highest BCUT2D eigenvalue weighted by atomic mass is 16.3. The molecule has 9 rings (SSSR count). The molecule has 0 unspecified atom stereocenters. The molecule has 0 spiro atoms. The fourth-order valence-corrected chi connectivity index (χ4v) is 8.03. The van der Waals surface area contributed by atoms with Crippen LogP contribution in [0.5, 0.6) is 11.5 Å². The van der Waals surface area contributed by atoms with Crippen LogP contribution in [-0.4, -0.2) is 30.1 Å². The molecule has 2 aliphatic rings. The van der Waals surface area contributed by atoms with E-state index in [0.717, 1.165) is 116 Å². The summed E-state index contributed by atoms with van der Waals surface area (Å²) in [5.41, 5.74) is 12.5. The minimum atomic E-state index is 0.184. The fourth-order valence-electron chi connectivity index (χ4n) is 8.03. The van der Waals surface area contributed by atoms with Gasteiger partial charge in [0, 0.05) is 54.7 Å². The number of phenols is 2. The van der Waals surface area contributed by atoms with E-state index in [1.807, 2.05) is 72.8 Å². The molecule has 6 heteroatoms. The van der Waals surface area contributed by atoms with Crippen molar-refractivity contribution in [3.63, 3.8) is 0 Å². The third-order valence-corrected chi connectivity index (χ3v) is 10.9. The molecule has 4 aromatic carbocycles. The maximum Gasteiger partial charge on any atom is 0.134 e. The van der Waals surface area contributed by atoms with Crippen molar-refractivity contribution in [1.82, 2.24) is 19.9 Å². The molecule has 56 heavy (non-hydrogen) atoms. The summed E-state index contributed by atoms with van der Waals surface area (Å²) in [6, 6.07) is 37.1. The zero-order chi connectivity index (χ0) is 38.2. The first-order chi connectivity index (χ1) is 27.5. The van der Waals surface area contributed by atoms with Gasteiger partial charge in [-0.1, -0.05) is 87.4 Å². The summed E-state index contributed by atoms with van der Waals surface area (Å²) < 4.78 is 0. The number of unbranched alkanes of at least 4 members (excludes halogenated alkanes) is 2. The lowest BCUT2D eigenvalue weighted by Gasteiger charge is -2.08. The molecule has 4 N–H and O–H groups in total. The molecular weight excluding hydrogens is 689 g/mol. The fraction of sp³-hybridized carbons (Fsp3) is 0.160. The van der Waals surface area contributed by atoms with Crippen molar-refractivity contribution in [2.75, 3.05) is 0 Å². The predicted octanol–water partition coefficient (Wildman–Crippen LogP) is 13.0. The van der Waals surface area contributed by atoms with Gasteiger partial charge in [0.05, 0.1) is 22.8 Å². The van der Waals surface area contributed by atoms with Gasteiger partial charge in [-0.15, -0.1) is 0 Å². The van der Waals surface area contributed by atoms with Gasteiger partial charge >= 0.3 is 0 Å². The van der Waals surface area contributed by atoms with Crippen LogP contribution in [0, 0.1) is 0 Å². The van der Waals surface area contributed by atoms with Gasteiger partial charge in [0.2, 0.25) is 0 Å². The van der Waals surface area contributed by atoms with Crippen molar-refractivity contribution in [3.8, 4) is 33.8 Å². The molecule has 0 radical (unpaired) electrons. The Bertz CT molecular complexity index is 2700. The number of benzene rings is 4. The van der Waals surface area contributed by atoms with Crippen LogP contribution in [-0.2, 0) is 12.8 Å². The summed E-state index contributed by atoms with van der Waals surface area (Å²) >= 11 is 0. The first kappa shape index (κ1) is 35.1. The molecule has 7 aromatic rings. The van der Waals surface area contributed by atoms with Crippen molar-refractivity contribution in [2.45, 2.75) is 52.4 Å². The number of rotatable bonds is 8. The van der Waals surface area contributed by atoms with Crippen molar-refractivity contribution in [2.24, 2.45) is 0 Å². The minimum absolute atomic E-state index is 0.184. The van der Waals surface area contributed by atoms with E-state index in [4.69, 9.17) is 9.97 Å². The first-order valence-electron chi connectivity index (χ1n) is 19.7. The molecule has 3 aromatic heterocycles. The SMILES string of the molecule is CCCCc1cc2c3nc(c(-c4ccccc4)c4ccc([nH]4)c4cc(CCCC)cc(c5nc(c(-c6ccccc6)c6ccc([nH]6)c(c1)c2O)C=C5)c4O)C=C3. The summed E-state index contributed by atoms with van der Waals surface area (Å²) in [6.45, 7) is 4.40. The second-order valence-electron chi connectivity index (χ2n) is 14.8. The highest BCUT2D eigenvalue weighted by Gasteiger charge is 2.18. The van der Waals surface area contributed by atoms with Crippen molar-refractivity contribution in [3.05, 3.63) is 143 Å². The second kappa shape index (κ2) is 14.9. The Kier molecular flexibility index (Phi) is 9.31. The Labute approximate surface area is 326 Å². The Hall–Kier alpha value is -6.66. The smallest absolute Gasteiger partial charge is 0.134 e. The van der Waals surface area contributed by atoms with E-state index in [2.05, 4.69) is 84.5 Å². The zero-order valence-electron chi connectivity index (χ0n) is 31.7. The monoisotopic (exact) mass is 732 g/mol. The zero-order valence-corrected chi connectivity index (χ0v) is 31.7. The third-order valence-electron chi connectivity index (χ3n) is 10.9. The molecule has 0 fully saturated rings. The van der Waals surface area contributed by atoms with Gasteiger partial charge in [-0.25, -0.2) is 9.97 Å². The molecule has 0 saturated heterocycles. The van der Waals surface area contributed by atoms with Gasteiger partial charge in [0.25, 0.3) is 0 Å². The summed E-state index contributed by atoms with van der Waals surface area (Å²) in [5, 5.41) is 27.1. The highest BCUT2D eigenvalue weighted by molar-refractivity contribution is 6.02. The van der Waals surface area contributed by atoms with Gasteiger partial charge in [-0.05, 0) is 121 Å². The Balaban J connectivity index is 1.47. The van der Waals surface area contributed by atoms with Crippen LogP contribution in [0.4, 0.5) is 0 Å². The summed E-state index contributed by atoms with van der Waals surface area (Å²) in [6.07, 6.45) is 14.1. The molecule has 276 valence electrons. The Morgan fingerprint density at radius 2 is 0.821 bits per heavy atom. The summed E-state index contributed by atoms with van der Waals surface area (Å²) in [7, 11) is 0. The number of nitrogens with zero attached hydrogens (tertiary/aromatic N) is 2. The van der Waals surface area contributed by atoms with E-state index >= 15 is 0 Å². The minimum Gasteiger partial charge on any atom is -0.507 e. The molecular formula is C50H44N4O2. The molecule has 0 atom stereocenters. The van der Waals surface area contributed by atoms with E-state index < -0.39 is 0 Å². The number of H-pyrrole nitrogens is 2. The molecule has 12 bridgehead atoms. The second-order valence-corrected chi connectivity index (χ2v) is 14.8. The summed E-state index contributed by atoms with van der Waals surface area (Å²) in [5.74, 6) is 0.368. The van der Waals surface area contributed by atoms with Crippen molar-refractivity contribution >= 4 is 67.9 Å². The number of aromatic amines is 2. The molecule has 5 heterocycles. The molecule has 0 amide bonds. The standard InChI is InChI=1S/C50H44N4O2/c1-3-5-13-31-27-35-39-19-23-43(51-39)47(33-15-9-7-10-16-33)45-25-21-41(53-45)37-29-32(14-6-4-2)30-38(50(37)56)42-22-26-46(54-42)48(34-17-11-8-12-18-34)44-24-20-40(52-44)36(28-31)49(35)55/h7-12,15-30,51,54-56H,3-6,13-14H2,1-2H3. The topological polar surface area (TPSA) is 97.8 Å². The Morgan fingerprint density at radius 1 is 0.446 bits per heavy atom. The number of fused-ring (bicyclic) bond motifs is 16. The number of nitrogens with one attached hydrogen (secondary N) is 2. The lowest BCUT2D eigenvalue weighted by Crippen LogP contribution is -1.89. The van der Waals surface area contributed by atoms with Crippen LogP contribution in [0.1, 0.15) is 73.4 Å². The number of phenolic OH excluding ortho intramolecular Hbond substituents is 2. The summed E-state index contributed by atoms with van der Waals surface area (Å²) in [4.78, 5) is 17.8. The number of hydrogen-bond donors (Lipinski definition) is 4. The largest absolute Gasteiger partial charge is 0.507 e. The van der Waals surface area contributed by atoms with E-state index in [9.17, 15) is 10.2 Å². The Morgan fingerprint density at radius 3 is 1.23 bits per heavy atom. The van der Waals surface area contributed by atoms with Gasteiger partial charge in [0.15, 0.2) is 0 Å². The molecule has 0 aliphatic carbocycles. The van der Waals surface area contributed by atoms with Crippen LogP contribution < -0.4 is 0 Å². The third kappa shape index (κ3) is 6.47. The van der Waals surface area contributed by atoms with Crippen LogP contribution in [0.2, 0.25) is 0 Å². The van der Waals surface area contributed by atoms with E-state index in [1.54, 1.807) is 0 Å².